The lowest BCUT2D eigenvalue weighted by atomic mass is 10.1. The topological polar surface area (TPSA) is 38.3 Å². The molecule has 1 aromatic carbocycles. The number of carbonyl (C=O) groups is 1. The van der Waals surface area contributed by atoms with E-state index in [2.05, 4.69) is 21.5 Å². The van der Waals surface area contributed by atoms with E-state index in [1.807, 2.05) is 6.07 Å². The molecule has 0 radical (unpaired) electrons. The first-order valence-electron chi connectivity index (χ1n) is 6.30. The van der Waals surface area contributed by atoms with Crippen LogP contribution >= 0.6 is 11.3 Å². The van der Waals surface area contributed by atoms with Crippen LogP contribution in [-0.4, -0.2) is 19.6 Å². The molecule has 2 rings (SSSR count). The Morgan fingerprint density at radius 2 is 2.25 bits per heavy atom. The molecule has 0 amide bonds. The Balaban J connectivity index is 1.84. The van der Waals surface area contributed by atoms with Crippen molar-refractivity contribution in [2.75, 3.05) is 13.7 Å². The first kappa shape index (κ1) is 14.7. The minimum absolute atomic E-state index is 0.0326. The van der Waals surface area contributed by atoms with E-state index in [4.69, 9.17) is 0 Å². The lowest BCUT2D eigenvalue weighted by molar-refractivity contribution is 0.0595. The highest BCUT2D eigenvalue weighted by Gasteiger charge is 2.11. The van der Waals surface area contributed by atoms with Crippen molar-refractivity contribution in [3.8, 4) is 0 Å². The second kappa shape index (κ2) is 7.17. The predicted molar refractivity (Wildman–Crippen MR) is 77.5 cm³/mol. The average molecular weight is 293 g/mol. The number of hydrogen-bond donors (Lipinski definition) is 1. The molecule has 0 aliphatic rings. The zero-order valence-corrected chi connectivity index (χ0v) is 12.0. The zero-order chi connectivity index (χ0) is 14.4. The molecule has 0 spiro atoms. The Morgan fingerprint density at radius 1 is 1.40 bits per heavy atom. The third-order valence-corrected chi connectivity index (χ3v) is 3.83. The fourth-order valence-electron chi connectivity index (χ4n) is 1.84. The van der Waals surface area contributed by atoms with Gasteiger partial charge in [0.15, 0.2) is 0 Å². The normalized spacial score (nSPS) is 10.5. The standard InChI is InChI=1S/C15H16FNO2S/c1-19-15(18)13-5-4-11(9-14(13)16)10-17-7-6-12-3-2-8-20-12/h2-5,8-9,17H,6-7,10H2,1H3. The lowest BCUT2D eigenvalue weighted by Crippen LogP contribution is -2.16. The SMILES string of the molecule is COC(=O)c1ccc(CNCCc2cccs2)cc1F. The van der Waals surface area contributed by atoms with Crippen LogP contribution in [0, 0.1) is 5.82 Å². The summed E-state index contributed by atoms with van der Waals surface area (Å²) in [5, 5.41) is 5.31. The summed E-state index contributed by atoms with van der Waals surface area (Å²) in [4.78, 5) is 12.6. The van der Waals surface area contributed by atoms with Crippen LogP contribution in [0.4, 0.5) is 4.39 Å². The third-order valence-electron chi connectivity index (χ3n) is 2.90. The molecule has 0 atom stereocenters. The largest absolute Gasteiger partial charge is 0.465 e. The first-order chi connectivity index (χ1) is 9.70. The fraction of sp³-hybridized carbons (Fsp3) is 0.267. The van der Waals surface area contributed by atoms with Crippen molar-refractivity contribution in [2.45, 2.75) is 13.0 Å². The van der Waals surface area contributed by atoms with Gasteiger partial charge in [0.2, 0.25) is 0 Å². The van der Waals surface area contributed by atoms with E-state index < -0.39 is 11.8 Å². The molecule has 5 heteroatoms. The highest BCUT2D eigenvalue weighted by molar-refractivity contribution is 7.09. The lowest BCUT2D eigenvalue weighted by Gasteiger charge is -2.06. The molecule has 2 aromatic rings. The van der Waals surface area contributed by atoms with Crippen molar-refractivity contribution in [2.24, 2.45) is 0 Å². The number of rotatable bonds is 6. The molecule has 3 nitrogen and oxygen atoms in total. The van der Waals surface area contributed by atoms with E-state index in [1.165, 1.54) is 24.1 Å². The van der Waals surface area contributed by atoms with Gasteiger partial charge in [-0.25, -0.2) is 9.18 Å². The molecule has 0 aliphatic heterocycles. The van der Waals surface area contributed by atoms with Gasteiger partial charge >= 0.3 is 5.97 Å². The van der Waals surface area contributed by atoms with Crippen molar-refractivity contribution in [3.63, 3.8) is 0 Å². The molecular weight excluding hydrogens is 277 g/mol. The van der Waals surface area contributed by atoms with Gasteiger partial charge in [-0.1, -0.05) is 12.1 Å². The Bertz CT molecular complexity index is 569. The van der Waals surface area contributed by atoms with Gasteiger partial charge in [0.05, 0.1) is 12.7 Å². The summed E-state index contributed by atoms with van der Waals surface area (Å²) in [5.41, 5.74) is 0.774. The molecule has 0 aliphatic carbocycles. The third kappa shape index (κ3) is 3.88. The minimum Gasteiger partial charge on any atom is -0.465 e. The first-order valence-corrected chi connectivity index (χ1v) is 7.18. The van der Waals surface area contributed by atoms with Crippen LogP contribution in [0.5, 0.6) is 0 Å². The van der Waals surface area contributed by atoms with Gasteiger partial charge < -0.3 is 10.1 Å². The van der Waals surface area contributed by atoms with Crippen molar-refractivity contribution in [3.05, 3.63) is 57.5 Å². The molecule has 0 bridgehead atoms. The highest BCUT2D eigenvalue weighted by Crippen LogP contribution is 2.12. The van der Waals surface area contributed by atoms with Crippen LogP contribution < -0.4 is 5.32 Å². The van der Waals surface area contributed by atoms with Gasteiger partial charge in [0.1, 0.15) is 5.82 Å². The summed E-state index contributed by atoms with van der Waals surface area (Å²) >= 11 is 1.73. The van der Waals surface area contributed by atoms with Crippen LogP contribution in [0.25, 0.3) is 0 Å². The molecule has 1 heterocycles. The molecule has 0 saturated heterocycles. The van der Waals surface area contributed by atoms with E-state index in [1.54, 1.807) is 17.4 Å². The van der Waals surface area contributed by atoms with E-state index in [-0.39, 0.29) is 5.56 Å². The maximum absolute atomic E-state index is 13.7. The Labute approximate surface area is 121 Å². The monoisotopic (exact) mass is 293 g/mol. The smallest absolute Gasteiger partial charge is 0.340 e. The van der Waals surface area contributed by atoms with E-state index in [9.17, 15) is 9.18 Å². The average Bonchev–Trinajstić information content (AvgIpc) is 2.96. The van der Waals surface area contributed by atoms with Gasteiger partial charge in [0, 0.05) is 18.0 Å². The quantitative estimate of drug-likeness (QED) is 0.657. The fourth-order valence-corrected chi connectivity index (χ4v) is 2.55. The summed E-state index contributed by atoms with van der Waals surface area (Å²) in [6.07, 6.45) is 0.959. The molecular formula is C15H16FNO2S. The van der Waals surface area contributed by atoms with Gasteiger partial charge in [-0.3, -0.25) is 0 Å². The molecule has 20 heavy (non-hydrogen) atoms. The zero-order valence-electron chi connectivity index (χ0n) is 11.2. The summed E-state index contributed by atoms with van der Waals surface area (Å²) in [6, 6.07) is 8.67. The number of methoxy groups -OCH3 is 1. The number of thiophene rings is 1. The van der Waals surface area contributed by atoms with Crippen molar-refractivity contribution >= 4 is 17.3 Å². The second-order valence-corrected chi connectivity index (χ2v) is 5.34. The van der Waals surface area contributed by atoms with E-state index in [0.29, 0.717) is 6.54 Å². The Hall–Kier alpha value is -1.72. The number of esters is 1. The van der Waals surface area contributed by atoms with E-state index >= 15 is 0 Å². The van der Waals surface area contributed by atoms with Crippen LogP contribution in [-0.2, 0) is 17.7 Å². The Morgan fingerprint density at radius 3 is 2.90 bits per heavy atom. The maximum atomic E-state index is 13.7. The molecule has 106 valence electrons. The maximum Gasteiger partial charge on any atom is 0.340 e. The van der Waals surface area contributed by atoms with E-state index in [0.717, 1.165) is 18.5 Å². The number of ether oxygens (including phenoxy) is 1. The second-order valence-electron chi connectivity index (χ2n) is 4.31. The number of nitrogens with one attached hydrogen (secondary N) is 1. The molecule has 0 saturated carbocycles. The minimum atomic E-state index is -0.653. The van der Waals surface area contributed by atoms with Gasteiger partial charge in [-0.15, -0.1) is 11.3 Å². The van der Waals surface area contributed by atoms with Crippen LogP contribution in [0.2, 0.25) is 0 Å². The van der Waals surface area contributed by atoms with Crippen LogP contribution in [0.3, 0.4) is 0 Å². The summed E-state index contributed by atoms with van der Waals surface area (Å²) in [6.45, 7) is 1.41. The summed E-state index contributed by atoms with van der Waals surface area (Å²) in [7, 11) is 1.24. The van der Waals surface area contributed by atoms with Gasteiger partial charge in [-0.05, 0) is 35.6 Å². The summed E-state index contributed by atoms with van der Waals surface area (Å²) < 4.78 is 18.2. The predicted octanol–water partition coefficient (Wildman–Crippen LogP) is 3.01. The van der Waals surface area contributed by atoms with Crippen molar-refractivity contribution in [1.82, 2.24) is 5.32 Å². The van der Waals surface area contributed by atoms with Gasteiger partial charge in [0.25, 0.3) is 0 Å². The van der Waals surface area contributed by atoms with Crippen molar-refractivity contribution < 1.29 is 13.9 Å². The number of carbonyl (C=O) groups excluding carboxylic acids is 1. The summed E-state index contributed by atoms with van der Waals surface area (Å²) in [5.74, 6) is -1.20. The van der Waals surface area contributed by atoms with Crippen LogP contribution in [0.15, 0.2) is 35.7 Å². The highest BCUT2D eigenvalue weighted by atomic mass is 32.1. The number of benzene rings is 1. The number of hydrogen-bond acceptors (Lipinski definition) is 4. The molecule has 1 aromatic heterocycles. The number of halogens is 1. The molecule has 0 fully saturated rings. The molecule has 0 unspecified atom stereocenters. The van der Waals surface area contributed by atoms with Crippen molar-refractivity contribution in [1.29, 1.82) is 0 Å². The Kier molecular flexibility index (Phi) is 5.26. The van der Waals surface area contributed by atoms with Crippen LogP contribution in [0.1, 0.15) is 20.8 Å². The van der Waals surface area contributed by atoms with Gasteiger partial charge in [-0.2, -0.15) is 0 Å². The molecule has 1 N–H and O–H groups in total.